The van der Waals surface area contributed by atoms with Crippen molar-refractivity contribution in [3.8, 4) is 5.75 Å². The predicted molar refractivity (Wildman–Crippen MR) is 60.6 cm³/mol. The molecule has 0 spiro atoms. The van der Waals surface area contributed by atoms with Gasteiger partial charge in [-0.3, -0.25) is 4.79 Å². The number of aryl methyl sites for hydroxylation is 1. The number of Topliss-reactive ketones (excluding diaryl/α,β-unsaturated/α-hetero) is 1. The molecule has 2 N–H and O–H groups in total. The van der Waals surface area contributed by atoms with Crippen molar-refractivity contribution in [2.45, 2.75) is 20.8 Å². The molecular formula is C12H17NO2. The van der Waals surface area contributed by atoms with E-state index < -0.39 is 0 Å². The van der Waals surface area contributed by atoms with Crippen molar-refractivity contribution in [1.29, 1.82) is 0 Å². The number of rotatable bonds is 3. The van der Waals surface area contributed by atoms with Crippen LogP contribution in [0.3, 0.4) is 0 Å². The lowest BCUT2D eigenvalue weighted by Gasteiger charge is -2.14. The first kappa shape index (κ1) is 11.7. The molecular weight excluding hydrogens is 190 g/mol. The van der Waals surface area contributed by atoms with Crippen LogP contribution in [-0.2, 0) is 0 Å². The quantitative estimate of drug-likeness (QED) is 0.768. The van der Waals surface area contributed by atoms with E-state index in [1.807, 2.05) is 26.8 Å². The third-order valence-electron chi connectivity index (χ3n) is 2.72. The normalized spacial score (nSPS) is 10.2. The number of carbonyl (C=O) groups is 1. The highest BCUT2D eigenvalue weighted by Gasteiger charge is 2.14. The second-order valence-electron chi connectivity index (χ2n) is 3.65. The highest BCUT2D eigenvalue weighted by molar-refractivity contribution is 5.99. The van der Waals surface area contributed by atoms with Crippen LogP contribution in [0.2, 0.25) is 0 Å². The summed E-state index contributed by atoms with van der Waals surface area (Å²) in [6.07, 6.45) is 0. The Kier molecular flexibility index (Phi) is 3.48. The molecule has 0 heterocycles. The van der Waals surface area contributed by atoms with E-state index in [0.717, 1.165) is 22.4 Å². The molecule has 15 heavy (non-hydrogen) atoms. The van der Waals surface area contributed by atoms with Crippen LogP contribution in [-0.4, -0.2) is 19.4 Å². The molecule has 0 amide bonds. The predicted octanol–water partition coefficient (Wildman–Crippen LogP) is 1.76. The zero-order valence-electron chi connectivity index (χ0n) is 9.68. The van der Waals surface area contributed by atoms with Crippen molar-refractivity contribution in [3.63, 3.8) is 0 Å². The number of nitrogens with two attached hydrogens (primary N) is 1. The molecule has 0 saturated carbocycles. The minimum atomic E-state index is -0.0265. The fraction of sp³-hybridized carbons (Fsp3) is 0.417. The van der Waals surface area contributed by atoms with Crippen molar-refractivity contribution in [1.82, 2.24) is 0 Å². The summed E-state index contributed by atoms with van der Waals surface area (Å²) in [6.45, 7) is 5.85. The van der Waals surface area contributed by atoms with E-state index >= 15 is 0 Å². The number of hydrogen-bond donors (Lipinski definition) is 1. The van der Waals surface area contributed by atoms with Crippen LogP contribution in [0.25, 0.3) is 0 Å². The molecule has 1 aromatic rings. The first-order chi connectivity index (χ1) is 7.02. The summed E-state index contributed by atoms with van der Waals surface area (Å²) in [6, 6.07) is 1.84. The van der Waals surface area contributed by atoms with Crippen molar-refractivity contribution in [2.24, 2.45) is 5.73 Å². The molecule has 0 fully saturated rings. The van der Waals surface area contributed by atoms with Gasteiger partial charge in [-0.2, -0.15) is 0 Å². The highest BCUT2D eigenvalue weighted by atomic mass is 16.5. The van der Waals surface area contributed by atoms with Gasteiger partial charge in [0, 0.05) is 5.56 Å². The Morgan fingerprint density at radius 3 is 2.40 bits per heavy atom. The Labute approximate surface area is 90.2 Å². The van der Waals surface area contributed by atoms with Gasteiger partial charge in [-0.1, -0.05) is 0 Å². The van der Waals surface area contributed by atoms with Gasteiger partial charge in [0.05, 0.1) is 13.7 Å². The fourth-order valence-electron chi connectivity index (χ4n) is 1.77. The van der Waals surface area contributed by atoms with Crippen LogP contribution in [0.4, 0.5) is 0 Å². The molecule has 0 radical (unpaired) electrons. The molecule has 1 aromatic carbocycles. The van der Waals surface area contributed by atoms with Crippen molar-refractivity contribution in [2.75, 3.05) is 13.7 Å². The summed E-state index contributed by atoms with van der Waals surface area (Å²) in [5.74, 6) is 0.822. The molecule has 3 heteroatoms. The summed E-state index contributed by atoms with van der Waals surface area (Å²) in [5.41, 5.74) is 9.00. The molecule has 0 bridgehead atoms. The average molecular weight is 207 g/mol. The van der Waals surface area contributed by atoms with Gasteiger partial charge < -0.3 is 10.5 Å². The van der Waals surface area contributed by atoms with Gasteiger partial charge in [0.25, 0.3) is 0 Å². The smallest absolute Gasteiger partial charge is 0.176 e. The molecule has 0 unspecified atom stereocenters. The molecule has 0 aliphatic carbocycles. The minimum Gasteiger partial charge on any atom is -0.496 e. The Morgan fingerprint density at radius 1 is 1.33 bits per heavy atom. The van der Waals surface area contributed by atoms with Crippen LogP contribution in [0.1, 0.15) is 27.0 Å². The lowest BCUT2D eigenvalue weighted by atomic mass is 9.96. The highest BCUT2D eigenvalue weighted by Crippen LogP contribution is 2.28. The van der Waals surface area contributed by atoms with Gasteiger partial charge in [-0.05, 0) is 43.5 Å². The molecule has 1 rings (SSSR count). The SMILES string of the molecule is COc1c(C)cc(C(=O)CN)c(C)c1C. The Morgan fingerprint density at radius 2 is 1.93 bits per heavy atom. The zero-order chi connectivity index (χ0) is 11.6. The number of ether oxygens (including phenoxy) is 1. The largest absolute Gasteiger partial charge is 0.496 e. The lowest BCUT2D eigenvalue weighted by molar-refractivity contribution is 0.100. The zero-order valence-corrected chi connectivity index (χ0v) is 9.68. The van der Waals surface area contributed by atoms with Gasteiger partial charge >= 0.3 is 0 Å². The van der Waals surface area contributed by atoms with Gasteiger partial charge in [-0.25, -0.2) is 0 Å². The number of hydrogen-bond acceptors (Lipinski definition) is 3. The Hall–Kier alpha value is -1.35. The maximum Gasteiger partial charge on any atom is 0.176 e. The molecule has 3 nitrogen and oxygen atoms in total. The first-order valence-corrected chi connectivity index (χ1v) is 4.91. The van der Waals surface area contributed by atoms with E-state index in [0.29, 0.717) is 5.56 Å². The fourth-order valence-corrected chi connectivity index (χ4v) is 1.77. The van der Waals surface area contributed by atoms with Crippen molar-refractivity contribution < 1.29 is 9.53 Å². The average Bonchev–Trinajstić information content (AvgIpc) is 2.23. The van der Waals surface area contributed by atoms with E-state index in [4.69, 9.17) is 10.5 Å². The third kappa shape index (κ3) is 2.02. The monoisotopic (exact) mass is 207 g/mol. The summed E-state index contributed by atoms with van der Waals surface area (Å²) in [5, 5.41) is 0. The molecule has 0 aliphatic rings. The lowest BCUT2D eigenvalue weighted by Crippen LogP contribution is -2.15. The van der Waals surface area contributed by atoms with E-state index in [-0.39, 0.29) is 12.3 Å². The minimum absolute atomic E-state index is 0.0265. The standard InChI is InChI=1S/C12H17NO2/c1-7-5-10(11(14)6-13)8(2)9(3)12(7)15-4/h5H,6,13H2,1-4H3. The van der Waals surface area contributed by atoms with E-state index in [2.05, 4.69) is 0 Å². The molecule has 0 saturated heterocycles. The number of ketones is 1. The molecule has 0 aliphatic heterocycles. The summed E-state index contributed by atoms with van der Waals surface area (Å²) in [4.78, 5) is 11.6. The van der Waals surface area contributed by atoms with Crippen LogP contribution in [0.15, 0.2) is 6.07 Å². The number of carbonyl (C=O) groups excluding carboxylic acids is 1. The summed E-state index contributed by atoms with van der Waals surface area (Å²) >= 11 is 0. The van der Waals surface area contributed by atoms with Crippen LogP contribution >= 0.6 is 0 Å². The molecule has 0 aromatic heterocycles. The second-order valence-corrected chi connectivity index (χ2v) is 3.65. The first-order valence-electron chi connectivity index (χ1n) is 4.91. The van der Waals surface area contributed by atoms with Gasteiger partial charge in [0.2, 0.25) is 0 Å². The van der Waals surface area contributed by atoms with Crippen LogP contribution < -0.4 is 10.5 Å². The topological polar surface area (TPSA) is 52.3 Å². The Bertz CT molecular complexity index is 397. The molecule has 82 valence electrons. The summed E-state index contributed by atoms with van der Waals surface area (Å²) < 4.78 is 5.28. The maximum atomic E-state index is 11.6. The van der Waals surface area contributed by atoms with Crippen LogP contribution in [0.5, 0.6) is 5.75 Å². The van der Waals surface area contributed by atoms with Crippen molar-refractivity contribution in [3.05, 3.63) is 28.3 Å². The number of methoxy groups -OCH3 is 1. The van der Waals surface area contributed by atoms with Gasteiger partial charge in [-0.15, -0.1) is 0 Å². The van der Waals surface area contributed by atoms with E-state index in [9.17, 15) is 4.79 Å². The Balaban J connectivity index is 3.40. The van der Waals surface area contributed by atoms with Gasteiger partial charge in [0.15, 0.2) is 5.78 Å². The summed E-state index contributed by atoms with van der Waals surface area (Å²) in [7, 11) is 1.64. The van der Waals surface area contributed by atoms with Crippen LogP contribution in [0, 0.1) is 20.8 Å². The third-order valence-corrected chi connectivity index (χ3v) is 2.72. The van der Waals surface area contributed by atoms with Gasteiger partial charge in [0.1, 0.15) is 5.75 Å². The number of benzene rings is 1. The van der Waals surface area contributed by atoms with Crippen molar-refractivity contribution >= 4 is 5.78 Å². The second kappa shape index (κ2) is 4.45. The maximum absolute atomic E-state index is 11.6. The van der Waals surface area contributed by atoms with E-state index in [1.54, 1.807) is 7.11 Å². The van der Waals surface area contributed by atoms with E-state index in [1.165, 1.54) is 0 Å². The molecule has 0 atom stereocenters.